The molecule has 0 aliphatic carbocycles. The van der Waals surface area contributed by atoms with Gasteiger partial charge in [0.1, 0.15) is 0 Å². The van der Waals surface area contributed by atoms with Crippen LogP contribution in [0.3, 0.4) is 0 Å². The van der Waals surface area contributed by atoms with Crippen molar-refractivity contribution >= 4 is 40.6 Å². The van der Waals surface area contributed by atoms with Crippen molar-refractivity contribution in [1.82, 2.24) is 0 Å². The van der Waals surface area contributed by atoms with Gasteiger partial charge in [-0.2, -0.15) is 0 Å². The Balaban J connectivity index is 2.37. The van der Waals surface area contributed by atoms with Crippen LogP contribution in [0.5, 0.6) is 0 Å². The predicted molar refractivity (Wildman–Crippen MR) is 88.4 cm³/mol. The molecule has 0 aromatic heterocycles. The highest BCUT2D eigenvalue weighted by atomic mass is 35.5. The van der Waals surface area contributed by atoms with E-state index in [0.717, 1.165) is 12.8 Å². The van der Waals surface area contributed by atoms with Crippen molar-refractivity contribution in [1.29, 1.82) is 0 Å². The van der Waals surface area contributed by atoms with Crippen LogP contribution in [0.25, 0.3) is 0 Å². The SMILES string of the molecule is CCCCCCCCCC(=O)c1c(Cl)cc(Cl)cc1Cl. The lowest BCUT2D eigenvalue weighted by molar-refractivity contribution is 0.0979. The van der Waals surface area contributed by atoms with Crippen LogP contribution in [-0.4, -0.2) is 5.78 Å². The zero-order valence-corrected chi connectivity index (χ0v) is 14.1. The van der Waals surface area contributed by atoms with E-state index in [1.165, 1.54) is 32.1 Å². The average Bonchev–Trinajstić information content (AvgIpc) is 2.36. The fraction of sp³-hybridized carbons (Fsp3) is 0.562. The lowest BCUT2D eigenvalue weighted by Gasteiger charge is -2.07. The van der Waals surface area contributed by atoms with Crippen LogP contribution in [0.2, 0.25) is 15.1 Å². The molecule has 1 rings (SSSR count). The van der Waals surface area contributed by atoms with E-state index in [0.29, 0.717) is 27.1 Å². The molecule has 0 saturated heterocycles. The summed E-state index contributed by atoms with van der Waals surface area (Å²) in [6.45, 7) is 2.21. The van der Waals surface area contributed by atoms with Gasteiger partial charge >= 0.3 is 0 Å². The number of hydrogen-bond donors (Lipinski definition) is 0. The van der Waals surface area contributed by atoms with E-state index in [4.69, 9.17) is 34.8 Å². The van der Waals surface area contributed by atoms with E-state index < -0.39 is 0 Å². The number of rotatable bonds is 9. The van der Waals surface area contributed by atoms with Crippen LogP contribution in [0.4, 0.5) is 0 Å². The predicted octanol–water partition coefficient (Wildman–Crippen LogP) is 6.97. The Hall–Kier alpha value is -0.240. The molecule has 0 saturated carbocycles. The maximum atomic E-state index is 12.1. The first kappa shape index (κ1) is 17.8. The van der Waals surface area contributed by atoms with Gasteiger partial charge in [0.05, 0.1) is 15.6 Å². The molecule has 0 heterocycles. The topological polar surface area (TPSA) is 17.1 Å². The average molecular weight is 336 g/mol. The van der Waals surface area contributed by atoms with Gasteiger partial charge in [-0.1, -0.05) is 80.3 Å². The Morgan fingerprint density at radius 2 is 1.40 bits per heavy atom. The minimum Gasteiger partial charge on any atom is -0.294 e. The molecule has 0 aliphatic rings. The van der Waals surface area contributed by atoms with E-state index in [2.05, 4.69) is 6.92 Å². The third-order valence-electron chi connectivity index (χ3n) is 3.29. The summed E-state index contributed by atoms with van der Waals surface area (Å²) in [6.07, 6.45) is 8.76. The molecule has 4 heteroatoms. The molecule has 0 radical (unpaired) electrons. The summed E-state index contributed by atoms with van der Waals surface area (Å²) in [5.41, 5.74) is 0.406. The largest absolute Gasteiger partial charge is 0.294 e. The maximum Gasteiger partial charge on any atom is 0.165 e. The second-order valence-electron chi connectivity index (χ2n) is 5.04. The summed E-state index contributed by atoms with van der Waals surface area (Å²) < 4.78 is 0. The van der Waals surface area contributed by atoms with Crippen LogP contribution in [0.1, 0.15) is 68.6 Å². The molecule has 0 fully saturated rings. The highest BCUT2D eigenvalue weighted by Crippen LogP contribution is 2.30. The molecule has 0 atom stereocenters. The van der Waals surface area contributed by atoms with Gasteiger partial charge in [-0.3, -0.25) is 4.79 Å². The maximum absolute atomic E-state index is 12.1. The Labute approximate surface area is 136 Å². The van der Waals surface area contributed by atoms with Crippen molar-refractivity contribution in [3.05, 3.63) is 32.8 Å². The van der Waals surface area contributed by atoms with Crippen molar-refractivity contribution in [2.24, 2.45) is 0 Å². The van der Waals surface area contributed by atoms with E-state index in [1.807, 2.05) is 0 Å². The lowest BCUT2D eigenvalue weighted by atomic mass is 10.0. The first-order valence-electron chi connectivity index (χ1n) is 7.24. The van der Waals surface area contributed by atoms with E-state index >= 15 is 0 Å². The summed E-state index contributed by atoms with van der Waals surface area (Å²) in [5.74, 6) is 0.00484. The summed E-state index contributed by atoms with van der Waals surface area (Å²) in [6, 6.07) is 3.12. The molecule has 0 aliphatic heterocycles. The number of hydrogen-bond acceptors (Lipinski definition) is 1. The summed E-state index contributed by atoms with van der Waals surface area (Å²) in [4.78, 5) is 12.1. The highest BCUT2D eigenvalue weighted by molar-refractivity contribution is 6.42. The fourth-order valence-corrected chi connectivity index (χ4v) is 3.20. The van der Waals surface area contributed by atoms with Crippen LogP contribution < -0.4 is 0 Å². The minimum absolute atomic E-state index is 0.00484. The zero-order chi connectivity index (χ0) is 15.0. The van der Waals surface area contributed by atoms with E-state index in [-0.39, 0.29) is 5.78 Å². The van der Waals surface area contributed by atoms with E-state index in [9.17, 15) is 4.79 Å². The van der Waals surface area contributed by atoms with Crippen LogP contribution >= 0.6 is 34.8 Å². The molecule has 0 bridgehead atoms. The number of Topliss-reactive ketones (excluding diaryl/α,β-unsaturated/α-hetero) is 1. The lowest BCUT2D eigenvalue weighted by Crippen LogP contribution is -2.01. The molecule has 0 N–H and O–H groups in total. The van der Waals surface area contributed by atoms with Crippen molar-refractivity contribution in [2.75, 3.05) is 0 Å². The van der Waals surface area contributed by atoms with Crippen LogP contribution in [0.15, 0.2) is 12.1 Å². The Morgan fingerprint density at radius 3 is 1.95 bits per heavy atom. The van der Waals surface area contributed by atoms with Gasteiger partial charge < -0.3 is 0 Å². The molecule has 1 aromatic rings. The van der Waals surface area contributed by atoms with Gasteiger partial charge in [0.2, 0.25) is 0 Å². The van der Waals surface area contributed by atoms with Gasteiger partial charge in [-0.15, -0.1) is 0 Å². The standard InChI is InChI=1S/C16H21Cl3O/c1-2-3-4-5-6-7-8-9-15(20)16-13(18)10-12(17)11-14(16)19/h10-11H,2-9H2,1H3. The van der Waals surface area contributed by atoms with Crippen molar-refractivity contribution in [2.45, 2.75) is 58.3 Å². The number of carbonyl (C=O) groups is 1. The fourth-order valence-electron chi connectivity index (χ4n) is 2.18. The number of carbonyl (C=O) groups excluding carboxylic acids is 1. The molecular weight excluding hydrogens is 315 g/mol. The third kappa shape index (κ3) is 6.03. The monoisotopic (exact) mass is 334 g/mol. The zero-order valence-electron chi connectivity index (χ0n) is 11.9. The molecule has 0 amide bonds. The van der Waals surface area contributed by atoms with Gasteiger partial charge in [-0.25, -0.2) is 0 Å². The summed E-state index contributed by atoms with van der Waals surface area (Å²) in [5, 5.41) is 1.14. The summed E-state index contributed by atoms with van der Waals surface area (Å²) >= 11 is 17.9. The molecule has 0 unspecified atom stereocenters. The first-order chi connectivity index (χ1) is 9.56. The second-order valence-corrected chi connectivity index (χ2v) is 6.29. The van der Waals surface area contributed by atoms with Gasteiger partial charge in [0.15, 0.2) is 5.78 Å². The normalized spacial score (nSPS) is 10.8. The quantitative estimate of drug-likeness (QED) is 0.352. The Bertz CT molecular complexity index is 420. The van der Waals surface area contributed by atoms with E-state index in [1.54, 1.807) is 12.1 Å². The molecule has 1 aromatic carbocycles. The molecule has 20 heavy (non-hydrogen) atoms. The Morgan fingerprint density at radius 1 is 0.900 bits per heavy atom. The highest BCUT2D eigenvalue weighted by Gasteiger charge is 2.15. The molecule has 1 nitrogen and oxygen atoms in total. The van der Waals surface area contributed by atoms with Crippen molar-refractivity contribution in [3.63, 3.8) is 0 Å². The summed E-state index contributed by atoms with van der Waals surface area (Å²) in [7, 11) is 0. The second kappa shape index (κ2) is 9.65. The number of ketones is 1. The van der Waals surface area contributed by atoms with Crippen LogP contribution in [0, 0.1) is 0 Å². The Kier molecular flexibility index (Phi) is 8.60. The smallest absolute Gasteiger partial charge is 0.165 e. The number of benzene rings is 1. The van der Waals surface area contributed by atoms with Crippen LogP contribution in [-0.2, 0) is 0 Å². The number of halogens is 3. The molecule has 112 valence electrons. The first-order valence-corrected chi connectivity index (χ1v) is 8.37. The molecular formula is C16H21Cl3O. The molecule has 0 spiro atoms. The van der Waals surface area contributed by atoms with Gasteiger partial charge in [-0.05, 0) is 18.6 Å². The van der Waals surface area contributed by atoms with Gasteiger partial charge in [0.25, 0.3) is 0 Å². The third-order valence-corrected chi connectivity index (χ3v) is 4.11. The van der Waals surface area contributed by atoms with Crippen molar-refractivity contribution in [3.8, 4) is 0 Å². The minimum atomic E-state index is 0.00484. The van der Waals surface area contributed by atoms with Gasteiger partial charge in [0, 0.05) is 11.4 Å². The van der Waals surface area contributed by atoms with Crippen molar-refractivity contribution < 1.29 is 4.79 Å². The number of unbranched alkanes of at least 4 members (excludes halogenated alkanes) is 6.